The molecule has 2 aromatic rings. The molecule has 1 fully saturated rings. The summed E-state index contributed by atoms with van der Waals surface area (Å²) in [6.45, 7) is 3.87. The molecule has 1 N–H and O–H groups in total. The minimum atomic E-state index is 0.210. The molecule has 1 aliphatic carbocycles. The minimum absolute atomic E-state index is 0.210. The second-order valence-electron chi connectivity index (χ2n) is 5.59. The van der Waals surface area contributed by atoms with Gasteiger partial charge in [-0.15, -0.1) is 0 Å². The monoisotopic (exact) mass is 303 g/mol. The molecule has 118 valence electrons. The largest absolute Gasteiger partial charge is 0.485 e. The number of hydrogen-bond acceptors (Lipinski definition) is 6. The maximum Gasteiger partial charge on any atom is 0.223 e. The van der Waals surface area contributed by atoms with E-state index >= 15 is 0 Å². The standard InChI is InChI=1S/C16H21N3O3/c1-12-17-16(18-22-12)11-21-15-6-2-13(3-7-15)10-19(8-9-20)14-4-5-14/h2-3,6-7,14,20H,4-5,8-11H2,1H3. The van der Waals surface area contributed by atoms with Gasteiger partial charge in [-0.1, -0.05) is 17.3 Å². The molecule has 1 aromatic carbocycles. The van der Waals surface area contributed by atoms with Crippen LogP contribution in [0, 0.1) is 6.92 Å². The summed E-state index contributed by atoms with van der Waals surface area (Å²) in [5.74, 6) is 1.87. The maximum atomic E-state index is 9.13. The van der Waals surface area contributed by atoms with Gasteiger partial charge in [-0.05, 0) is 30.5 Å². The third-order valence-corrected chi connectivity index (χ3v) is 3.70. The van der Waals surface area contributed by atoms with Crippen LogP contribution in [-0.4, -0.2) is 39.3 Å². The molecule has 0 radical (unpaired) electrons. The molecule has 0 atom stereocenters. The number of aliphatic hydroxyl groups excluding tert-OH is 1. The van der Waals surface area contributed by atoms with Gasteiger partial charge in [0.1, 0.15) is 5.75 Å². The van der Waals surface area contributed by atoms with Crippen molar-refractivity contribution in [3.05, 3.63) is 41.5 Å². The molecule has 1 heterocycles. The van der Waals surface area contributed by atoms with Crippen molar-refractivity contribution >= 4 is 0 Å². The Morgan fingerprint density at radius 2 is 2.09 bits per heavy atom. The van der Waals surface area contributed by atoms with E-state index in [-0.39, 0.29) is 6.61 Å². The van der Waals surface area contributed by atoms with Crippen molar-refractivity contribution in [3.63, 3.8) is 0 Å². The van der Waals surface area contributed by atoms with E-state index in [0.717, 1.165) is 18.8 Å². The first-order chi connectivity index (χ1) is 10.7. The highest BCUT2D eigenvalue weighted by Crippen LogP contribution is 2.28. The number of benzene rings is 1. The van der Waals surface area contributed by atoms with E-state index < -0.39 is 0 Å². The fourth-order valence-corrected chi connectivity index (χ4v) is 2.43. The van der Waals surface area contributed by atoms with E-state index in [4.69, 9.17) is 14.4 Å². The Bertz CT molecular complexity index is 593. The van der Waals surface area contributed by atoms with Gasteiger partial charge >= 0.3 is 0 Å². The second kappa shape index (κ2) is 6.89. The summed E-state index contributed by atoms with van der Waals surface area (Å²) >= 11 is 0. The van der Waals surface area contributed by atoms with Crippen LogP contribution in [-0.2, 0) is 13.2 Å². The van der Waals surface area contributed by atoms with E-state index in [9.17, 15) is 0 Å². The van der Waals surface area contributed by atoms with Crippen molar-refractivity contribution < 1.29 is 14.4 Å². The molecule has 1 aromatic heterocycles. The van der Waals surface area contributed by atoms with E-state index in [2.05, 4.69) is 27.2 Å². The number of aromatic nitrogens is 2. The third-order valence-electron chi connectivity index (χ3n) is 3.70. The Balaban J connectivity index is 1.53. The summed E-state index contributed by atoms with van der Waals surface area (Å²) in [7, 11) is 0. The molecule has 0 amide bonds. The SMILES string of the molecule is Cc1nc(COc2ccc(CN(CCO)C3CC3)cc2)no1. The zero-order valence-corrected chi connectivity index (χ0v) is 12.7. The average Bonchev–Trinajstić information content (AvgIpc) is 3.29. The van der Waals surface area contributed by atoms with Gasteiger partial charge in [0, 0.05) is 26.1 Å². The number of rotatable bonds is 8. The molecule has 1 saturated carbocycles. The molecule has 6 heteroatoms. The van der Waals surface area contributed by atoms with Gasteiger partial charge in [-0.2, -0.15) is 4.98 Å². The summed E-state index contributed by atoms with van der Waals surface area (Å²) in [6, 6.07) is 8.66. The van der Waals surface area contributed by atoms with Gasteiger partial charge in [-0.25, -0.2) is 0 Å². The normalized spacial score (nSPS) is 14.5. The van der Waals surface area contributed by atoms with Gasteiger partial charge in [0.05, 0.1) is 6.61 Å². The Morgan fingerprint density at radius 1 is 1.32 bits per heavy atom. The molecule has 0 unspecified atom stereocenters. The number of aryl methyl sites for hydroxylation is 1. The lowest BCUT2D eigenvalue weighted by atomic mass is 10.2. The molecule has 22 heavy (non-hydrogen) atoms. The van der Waals surface area contributed by atoms with Crippen LogP contribution in [0.3, 0.4) is 0 Å². The smallest absolute Gasteiger partial charge is 0.223 e. The summed E-state index contributed by atoms with van der Waals surface area (Å²) in [4.78, 5) is 6.43. The average molecular weight is 303 g/mol. The van der Waals surface area contributed by atoms with Crippen molar-refractivity contribution in [2.24, 2.45) is 0 Å². The first kappa shape index (κ1) is 15.0. The molecule has 6 nitrogen and oxygen atoms in total. The fraction of sp³-hybridized carbons (Fsp3) is 0.500. The Kier molecular flexibility index (Phi) is 4.70. The topological polar surface area (TPSA) is 71.6 Å². The Hall–Kier alpha value is -1.92. The molecular weight excluding hydrogens is 282 g/mol. The third kappa shape index (κ3) is 4.05. The van der Waals surface area contributed by atoms with Crippen LogP contribution in [0.2, 0.25) is 0 Å². The quantitative estimate of drug-likeness (QED) is 0.803. The highest BCUT2D eigenvalue weighted by molar-refractivity contribution is 5.27. The predicted octanol–water partition coefficient (Wildman–Crippen LogP) is 1.91. The summed E-state index contributed by atoms with van der Waals surface area (Å²) < 4.78 is 10.5. The van der Waals surface area contributed by atoms with Gasteiger partial charge in [0.15, 0.2) is 6.61 Å². The maximum absolute atomic E-state index is 9.13. The van der Waals surface area contributed by atoms with Crippen LogP contribution in [0.25, 0.3) is 0 Å². The van der Waals surface area contributed by atoms with Crippen LogP contribution in [0.5, 0.6) is 5.75 Å². The fourth-order valence-electron chi connectivity index (χ4n) is 2.43. The van der Waals surface area contributed by atoms with Crippen molar-refractivity contribution in [3.8, 4) is 5.75 Å². The number of aliphatic hydroxyl groups is 1. The number of ether oxygens (including phenoxy) is 1. The number of hydrogen-bond donors (Lipinski definition) is 1. The molecule has 1 aliphatic rings. The highest BCUT2D eigenvalue weighted by atomic mass is 16.5. The lowest BCUT2D eigenvalue weighted by Crippen LogP contribution is -2.28. The highest BCUT2D eigenvalue weighted by Gasteiger charge is 2.28. The van der Waals surface area contributed by atoms with Crippen LogP contribution in [0.15, 0.2) is 28.8 Å². The summed E-state index contributed by atoms with van der Waals surface area (Å²) in [6.07, 6.45) is 2.48. The molecular formula is C16H21N3O3. The molecule has 3 rings (SSSR count). The Labute approximate surface area is 129 Å². The van der Waals surface area contributed by atoms with Crippen molar-refractivity contribution in [2.45, 2.75) is 39.0 Å². The van der Waals surface area contributed by atoms with Crippen LogP contribution >= 0.6 is 0 Å². The van der Waals surface area contributed by atoms with E-state index in [1.807, 2.05) is 12.1 Å². The zero-order valence-electron chi connectivity index (χ0n) is 12.7. The lowest BCUT2D eigenvalue weighted by molar-refractivity contribution is 0.183. The van der Waals surface area contributed by atoms with Crippen LogP contribution in [0.1, 0.15) is 30.1 Å². The first-order valence-corrected chi connectivity index (χ1v) is 7.60. The zero-order chi connectivity index (χ0) is 15.4. The molecule has 0 spiro atoms. The molecule has 0 bridgehead atoms. The van der Waals surface area contributed by atoms with Crippen molar-refractivity contribution in [2.75, 3.05) is 13.2 Å². The summed E-state index contributed by atoms with van der Waals surface area (Å²) in [5.41, 5.74) is 1.23. The van der Waals surface area contributed by atoms with Gasteiger partial charge in [-0.3, -0.25) is 4.90 Å². The van der Waals surface area contributed by atoms with E-state index in [0.29, 0.717) is 24.4 Å². The van der Waals surface area contributed by atoms with Crippen LogP contribution < -0.4 is 4.74 Å². The Morgan fingerprint density at radius 3 is 2.68 bits per heavy atom. The lowest BCUT2D eigenvalue weighted by Gasteiger charge is -2.20. The van der Waals surface area contributed by atoms with Gasteiger partial charge < -0.3 is 14.4 Å². The van der Waals surface area contributed by atoms with E-state index in [1.54, 1.807) is 6.92 Å². The second-order valence-corrected chi connectivity index (χ2v) is 5.59. The van der Waals surface area contributed by atoms with Crippen molar-refractivity contribution in [1.29, 1.82) is 0 Å². The molecule has 0 saturated heterocycles. The van der Waals surface area contributed by atoms with Gasteiger partial charge in [0.25, 0.3) is 0 Å². The van der Waals surface area contributed by atoms with Crippen LogP contribution in [0.4, 0.5) is 0 Å². The number of nitrogens with zero attached hydrogens (tertiary/aromatic N) is 3. The molecule has 0 aliphatic heterocycles. The van der Waals surface area contributed by atoms with Gasteiger partial charge in [0.2, 0.25) is 11.7 Å². The van der Waals surface area contributed by atoms with Crippen molar-refractivity contribution in [1.82, 2.24) is 15.0 Å². The summed E-state index contributed by atoms with van der Waals surface area (Å²) in [5, 5.41) is 12.9. The predicted molar refractivity (Wildman–Crippen MR) is 80.3 cm³/mol. The van der Waals surface area contributed by atoms with E-state index in [1.165, 1.54) is 18.4 Å². The minimum Gasteiger partial charge on any atom is -0.485 e. The first-order valence-electron chi connectivity index (χ1n) is 7.60.